The third-order valence-electron chi connectivity index (χ3n) is 4.49. The Hall–Kier alpha value is -1.79. The van der Waals surface area contributed by atoms with Gasteiger partial charge >= 0.3 is 0 Å². The Kier molecular flexibility index (Phi) is 5.26. The molecule has 2 aromatic rings. The highest BCUT2D eigenvalue weighted by molar-refractivity contribution is 7.13. The fourth-order valence-electron chi connectivity index (χ4n) is 2.89. The topological polar surface area (TPSA) is 54.0 Å². The maximum absolute atomic E-state index is 13.3. The van der Waals surface area contributed by atoms with E-state index in [0.717, 1.165) is 42.2 Å². The van der Waals surface area contributed by atoms with Gasteiger partial charge in [0, 0.05) is 17.5 Å². The standard InChI is InChI=1S/C18H22FN3OS/c1-18(5-7-20-8-6-18)12-21-16(23)10-15-11-24-17(22-15)13-3-2-4-14(19)9-13/h2-4,9,11,20H,5-8,10,12H2,1H3,(H,21,23). The van der Waals surface area contributed by atoms with E-state index in [-0.39, 0.29) is 23.6 Å². The number of carbonyl (C=O) groups is 1. The number of rotatable bonds is 5. The Morgan fingerprint density at radius 2 is 2.21 bits per heavy atom. The van der Waals surface area contributed by atoms with Crippen molar-refractivity contribution in [3.05, 3.63) is 41.2 Å². The van der Waals surface area contributed by atoms with Gasteiger partial charge in [-0.1, -0.05) is 19.1 Å². The van der Waals surface area contributed by atoms with Crippen molar-refractivity contribution >= 4 is 17.2 Å². The van der Waals surface area contributed by atoms with Gasteiger partial charge in [-0.05, 0) is 43.5 Å². The molecule has 0 unspecified atom stereocenters. The average Bonchev–Trinajstić information content (AvgIpc) is 3.02. The highest BCUT2D eigenvalue weighted by Gasteiger charge is 2.27. The summed E-state index contributed by atoms with van der Waals surface area (Å²) in [6, 6.07) is 6.36. The molecule has 24 heavy (non-hydrogen) atoms. The predicted molar refractivity (Wildman–Crippen MR) is 94.4 cm³/mol. The van der Waals surface area contributed by atoms with Gasteiger partial charge in [0.1, 0.15) is 10.8 Å². The van der Waals surface area contributed by atoms with Crippen LogP contribution >= 0.6 is 11.3 Å². The third kappa shape index (κ3) is 4.39. The van der Waals surface area contributed by atoms with E-state index in [9.17, 15) is 9.18 Å². The molecule has 0 atom stereocenters. The molecule has 4 nitrogen and oxygen atoms in total. The zero-order valence-corrected chi connectivity index (χ0v) is 14.6. The van der Waals surface area contributed by atoms with Crippen molar-refractivity contribution in [3.8, 4) is 10.6 Å². The van der Waals surface area contributed by atoms with Gasteiger partial charge in [-0.25, -0.2) is 9.37 Å². The van der Waals surface area contributed by atoms with Crippen LogP contribution in [-0.2, 0) is 11.2 Å². The number of aromatic nitrogens is 1. The first-order valence-corrected chi connectivity index (χ1v) is 9.10. The zero-order chi connectivity index (χ0) is 17.0. The Bertz CT molecular complexity index is 710. The highest BCUT2D eigenvalue weighted by atomic mass is 32.1. The minimum Gasteiger partial charge on any atom is -0.355 e. The first-order valence-electron chi connectivity index (χ1n) is 8.22. The molecule has 0 spiro atoms. The second-order valence-corrected chi connectivity index (χ2v) is 7.53. The lowest BCUT2D eigenvalue weighted by Gasteiger charge is -2.34. The maximum Gasteiger partial charge on any atom is 0.226 e. The number of carbonyl (C=O) groups excluding carboxylic acids is 1. The fourth-order valence-corrected chi connectivity index (χ4v) is 3.71. The molecule has 1 aliphatic rings. The van der Waals surface area contributed by atoms with Gasteiger partial charge < -0.3 is 10.6 Å². The van der Waals surface area contributed by atoms with Crippen molar-refractivity contribution in [2.45, 2.75) is 26.2 Å². The van der Waals surface area contributed by atoms with E-state index in [0.29, 0.717) is 6.54 Å². The van der Waals surface area contributed by atoms with Gasteiger partial charge in [-0.2, -0.15) is 0 Å². The van der Waals surface area contributed by atoms with E-state index < -0.39 is 0 Å². The van der Waals surface area contributed by atoms with Gasteiger partial charge in [0.05, 0.1) is 12.1 Å². The number of nitrogens with zero attached hydrogens (tertiary/aromatic N) is 1. The van der Waals surface area contributed by atoms with Crippen molar-refractivity contribution in [1.29, 1.82) is 0 Å². The van der Waals surface area contributed by atoms with Crippen LogP contribution in [-0.4, -0.2) is 30.5 Å². The Balaban J connectivity index is 1.55. The molecule has 0 bridgehead atoms. The molecular weight excluding hydrogens is 325 g/mol. The molecule has 3 rings (SSSR count). The van der Waals surface area contributed by atoms with Crippen molar-refractivity contribution in [2.24, 2.45) is 5.41 Å². The van der Waals surface area contributed by atoms with Crippen LogP contribution in [0.3, 0.4) is 0 Å². The fraction of sp³-hybridized carbons (Fsp3) is 0.444. The van der Waals surface area contributed by atoms with Crippen molar-refractivity contribution < 1.29 is 9.18 Å². The number of benzene rings is 1. The number of thiazole rings is 1. The second kappa shape index (κ2) is 7.40. The summed E-state index contributed by atoms with van der Waals surface area (Å²) in [4.78, 5) is 16.6. The molecule has 0 saturated carbocycles. The molecule has 1 aromatic carbocycles. The molecule has 6 heteroatoms. The van der Waals surface area contributed by atoms with E-state index in [4.69, 9.17) is 0 Å². The monoisotopic (exact) mass is 347 g/mol. The van der Waals surface area contributed by atoms with Crippen LogP contribution in [0.4, 0.5) is 4.39 Å². The van der Waals surface area contributed by atoms with Crippen molar-refractivity contribution in [1.82, 2.24) is 15.6 Å². The Morgan fingerprint density at radius 1 is 1.42 bits per heavy atom. The lowest BCUT2D eigenvalue weighted by molar-refractivity contribution is -0.121. The number of amides is 1. The normalized spacial score (nSPS) is 16.8. The Labute approximate surface area is 145 Å². The van der Waals surface area contributed by atoms with E-state index in [1.54, 1.807) is 6.07 Å². The molecule has 128 valence electrons. The Morgan fingerprint density at radius 3 is 2.96 bits per heavy atom. The van der Waals surface area contributed by atoms with Gasteiger partial charge in [0.2, 0.25) is 5.91 Å². The van der Waals surface area contributed by atoms with E-state index in [2.05, 4.69) is 22.5 Å². The smallest absolute Gasteiger partial charge is 0.226 e. The van der Waals surface area contributed by atoms with Gasteiger partial charge in [-0.15, -0.1) is 11.3 Å². The molecule has 0 radical (unpaired) electrons. The first kappa shape index (κ1) is 17.0. The molecule has 1 aliphatic heterocycles. The van der Waals surface area contributed by atoms with Gasteiger partial charge in [0.25, 0.3) is 0 Å². The van der Waals surface area contributed by atoms with Crippen molar-refractivity contribution in [3.63, 3.8) is 0 Å². The van der Waals surface area contributed by atoms with Crippen LogP contribution < -0.4 is 10.6 Å². The summed E-state index contributed by atoms with van der Waals surface area (Å²) in [6.07, 6.45) is 2.42. The quantitative estimate of drug-likeness (QED) is 0.874. The molecule has 2 heterocycles. The van der Waals surface area contributed by atoms with Crippen LogP contribution in [0.5, 0.6) is 0 Å². The van der Waals surface area contributed by atoms with Gasteiger partial charge in [0.15, 0.2) is 0 Å². The number of hydrogen-bond donors (Lipinski definition) is 2. The van der Waals surface area contributed by atoms with E-state index in [1.807, 2.05) is 11.4 Å². The summed E-state index contributed by atoms with van der Waals surface area (Å²) in [5, 5.41) is 8.98. The minimum absolute atomic E-state index is 0.00847. The zero-order valence-electron chi connectivity index (χ0n) is 13.8. The highest BCUT2D eigenvalue weighted by Crippen LogP contribution is 2.27. The van der Waals surface area contributed by atoms with Crippen molar-refractivity contribution in [2.75, 3.05) is 19.6 Å². The minimum atomic E-state index is -0.280. The summed E-state index contributed by atoms with van der Waals surface area (Å²) >= 11 is 1.43. The number of piperidine rings is 1. The van der Waals surface area contributed by atoms with Crippen LogP contribution in [0.25, 0.3) is 10.6 Å². The summed E-state index contributed by atoms with van der Waals surface area (Å²) in [5.74, 6) is -0.289. The molecule has 1 saturated heterocycles. The third-order valence-corrected chi connectivity index (χ3v) is 5.43. The summed E-state index contributed by atoms with van der Waals surface area (Å²) in [7, 11) is 0. The SMILES string of the molecule is CC1(CNC(=O)Cc2csc(-c3cccc(F)c3)n2)CCNCC1. The molecular formula is C18H22FN3OS. The summed E-state index contributed by atoms with van der Waals surface area (Å²) in [5.41, 5.74) is 1.65. The molecule has 1 amide bonds. The first-order chi connectivity index (χ1) is 11.5. The summed E-state index contributed by atoms with van der Waals surface area (Å²) < 4.78 is 13.3. The summed E-state index contributed by atoms with van der Waals surface area (Å²) in [6.45, 7) is 4.94. The average molecular weight is 347 g/mol. The molecule has 1 fully saturated rings. The molecule has 2 N–H and O–H groups in total. The second-order valence-electron chi connectivity index (χ2n) is 6.67. The number of halogens is 1. The van der Waals surface area contributed by atoms with Crippen LogP contribution in [0.15, 0.2) is 29.6 Å². The largest absolute Gasteiger partial charge is 0.355 e. The lowest BCUT2D eigenvalue weighted by atomic mass is 9.81. The molecule has 1 aromatic heterocycles. The van der Waals surface area contributed by atoms with E-state index in [1.165, 1.54) is 23.5 Å². The number of nitrogens with one attached hydrogen (secondary N) is 2. The van der Waals surface area contributed by atoms with Crippen LogP contribution in [0.2, 0.25) is 0 Å². The van der Waals surface area contributed by atoms with E-state index >= 15 is 0 Å². The maximum atomic E-state index is 13.3. The van der Waals surface area contributed by atoms with Crippen LogP contribution in [0, 0.1) is 11.2 Å². The lowest BCUT2D eigenvalue weighted by Crippen LogP contribution is -2.43. The van der Waals surface area contributed by atoms with Crippen LogP contribution in [0.1, 0.15) is 25.5 Å². The van der Waals surface area contributed by atoms with Gasteiger partial charge in [-0.3, -0.25) is 4.79 Å². The molecule has 0 aliphatic carbocycles. The predicted octanol–water partition coefficient (Wildman–Crippen LogP) is 3.00. The number of hydrogen-bond acceptors (Lipinski definition) is 4.